The van der Waals surface area contributed by atoms with Crippen LogP contribution in [0.25, 0.3) is 5.57 Å². The molecule has 0 spiro atoms. The number of aromatic hydroxyl groups is 1. The van der Waals surface area contributed by atoms with Crippen molar-refractivity contribution >= 4 is 82.9 Å². The second-order valence-electron chi connectivity index (χ2n) is 9.24. The number of phenolic OH excluding ortho intramolecular Hbond substituents is 1. The second kappa shape index (κ2) is 11.8. The van der Waals surface area contributed by atoms with E-state index < -0.39 is 10.1 Å². The second-order valence-corrected chi connectivity index (χ2v) is 12.2. The van der Waals surface area contributed by atoms with Crippen LogP contribution in [0.15, 0.2) is 67.0 Å². The van der Waals surface area contributed by atoms with E-state index in [4.69, 9.17) is 0 Å². The Morgan fingerprint density at radius 2 is 1.56 bits per heavy atom. The molecule has 0 atom stereocenters. The summed E-state index contributed by atoms with van der Waals surface area (Å²) in [4.78, 5) is 12.7. The summed E-state index contributed by atoms with van der Waals surface area (Å²) in [6, 6.07) is 8.10. The molecular formula is C27H29Br2NaO5S. The van der Waals surface area contributed by atoms with Crippen LogP contribution >= 0.6 is 31.9 Å². The third kappa shape index (κ3) is 5.85. The normalized spacial score (nSPS) is 15.9. The van der Waals surface area contributed by atoms with Gasteiger partial charge in [-0.25, -0.2) is 0 Å². The SMILES string of the molecule is CC1=C(Br)C(=O)C(C(C)C)=C/C1=C(\c1ccccc1S(=O)(=O)O)c1cc(C(C)C)c(O)c(Br)c1C.[NaH]. The predicted octanol–water partition coefficient (Wildman–Crippen LogP) is 6.82. The molecule has 2 aromatic carbocycles. The van der Waals surface area contributed by atoms with E-state index in [9.17, 15) is 22.9 Å². The van der Waals surface area contributed by atoms with Crippen molar-refractivity contribution in [3.8, 4) is 5.75 Å². The molecular weight excluding hydrogens is 619 g/mol. The molecule has 0 amide bonds. The minimum atomic E-state index is -4.57. The molecule has 9 heteroatoms. The van der Waals surface area contributed by atoms with Crippen molar-refractivity contribution in [2.45, 2.75) is 52.4 Å². The van der Waals surface area contributed by atoms with E-state index in [-0.39, 0.29) is 57.8 Å². The van der Waals surface area contributed by atoms with Gasteiger partial charge in [0.1, 0.15) is 10.6 Å². The first-order valence-corrected chi connectivity index (χ1v) is 14.2. The molecule has 0 saturated carbocycles. The van der Waals surface area contributed by atoms with E-state index in [1.165, 1.54) is 6.07 Å². The van der Waals surface area contributed by atoms with Gasteiger partial charge in [-0.1, -0.05) is 45.9 Å². The molecule has 1 aliphatic carbocycles. The summed E-state index contributed by atoms with van der Waals surface area (Å²) in [6.45, 7) is 11.4. The van der Waals surface area contributed by atoms with Crippen LogP contribution in [0.4, 0.5) is 0 Å². The zero-order valence-electron chi connectivity index (χ0n) is 20.4. The zero-order chi connectivity index (χ0) is 26.4. The Hall–Kier alpha value is -1.000. The minimum absolute atomic E-state index is 0. The van der Waals surface area contributed by atoms with Gasteiger partial charge in [-0.15, -0.1) is 0 Å². The van der Waals surface area contributed by atoms with Crippen molar-refractivity contribution in [1.82, 2.24) is 0 Å². The van der Waals surface area contributed by atoms with Crippen LogP contribution in [-0.2, 0) is 14.9 Å². The van der Waals surface area contributed by atoms with E-state index >= 15 is 0 Å². The summed E-state index contributed by atoms with van der Waals surface area (Å²) in [5.74, 6) is -0.0867. The van der Waals surface area contributed by atoms with Gasteiger partial charge in [0.25, 0.3) is 10.1 Å². The van der Waals surface area contributed by atoms with Crippen LogP contribution in [0, 0.1) is 12.8 Å². The van der Waals surface area contributed by atoms with Crippen molar-refractivity contribution in [3.63, 3.8) is 0 Å². The van der Waals surface area contributed by atoms with Gasteiger partial charge >= 0.3 is 29.6 Å². The molecule has 2 aromatic rings. The van der Waals surface area contributed by atoms with Crippen LogP contribution in [0.5, 0.6) is 5.75 Å². The van der Waals surface area contributed by atoms with Crippen LogP contribution in [-0.4, -0.2) is 53.4 Å². The van der Waals surface area contributed by atoms with Gasteiger partial charge in [-0.05, 0) is 109 Å². The number of hydrogen-bond acceptors (Lipinski definition) is 4. The number of halogens is 2. The van der Waals surface area contributed by atoms with Crippen molar-refractivity contribution in [2.24, 2.45) is 5.92 Å². The Kier molecular flexibility index (Phi) is 10.2. The van der Waals surface area contributed by atoms with E-state index in [1.54, 1.807) is 31.2 Å². The van der Waals surface area contributed by atoms with Crippen LogP contribution in [0.3, 0.4) is 0 Å². The quantitative estimate of drug-likeness (QED) is 0.275. The number of carbonyl (C=O) groups excluding carboxylic acids is 1. The first-order chi connectivity index (χ1) is 16.2. The summed E-state index contributed by atoms with van der Waals surface area (Å²) in [6.07, 6.45) is 1.80. The molecule has 0 saturated heterocycles. The Morgan fingerprint density at radius 3 is 2.08 bits per heavy atom. The van der Waals surface area contributed by atoms with Crippen molar-refractivity contribution < 1.29 is 22.9 Å². The van der Waals surface area contributed by atoms with Crippen molar-refractivity contribution in [2.75, 3.05) is 0 Å². The summed E-state index contributed by atoms with van der Waals surface area (Å²) in [5.41, 5.74) is 4.78. The fourth-order valence-electron chi connectivity index (χ4n) is 4.22. The first kappa shape index (κ1) is 31.2. The molecule has 5 nitrogen and oxygen atoms in total. The van der Waals surface area contributed by atoms with E-state index in [0.717, 1.165) is 0 Å². The number of carbonyl (C=O) groups is 1. The van der Waals surface area contributed by atoms with Gasteiger partial charge in [-0.3, -0.25) is 9.35 Å². The average molecular weight is 648 g/mol. The molecule has 0 aliphatic heterocycles. The summed E-state index contributed by atoms with van der Waals surface area (Å²) < 4.78 is 35.8. The van der Waals surface area contributed by atoms with Crippen molar-refractivity contribution in [3.05, 3.63) is 84.3 Å². The maximum atomic E-state index is 13.0. The Balaban J connectivity index is 0.00000456. The fourth-order valence-corrected chi connectivity index (χ4v) is 5.80. The summed E-state index contributed by atoms with van der Waals surface area (Å²) >= 11 is 6.97. The molecule has 0 aromatic heterocycles. The van der Waals surface area contributed by atoms with Gasteiger partial charge < -0.3 is 5.11 Å². The third-order valence-corrected chi connectivity index (χ3v) is 9.06. The van der Waals surface area contributed by atoms with Crippen molar-refractivity contribution in [1.29, 1.82) is 0 Å². The number of benzene rings is 2. The van der Waals surface area contributed by atoms with Gasteiger partial charge in [0.2, 0.25) is 0 Å². The van der Waals surface area contributed by atoms with Crippen LogP contribution in [0.1, 0.15) is 62.8 Å². The topological polar surface area (TPSA) is 91.7 Å². The van der Waals surface area contributed by atoms with Gasteiger partial charge in [0.05, 0.1) is 8.96 Å². The Bertz CT molecular complexity index is 1430. The molecule has 36 heavy (non-hydrogen) atoms. The first-order valence-electron chi connectivity index (χ1n) is 11.1. The Morgan fingerprint density at radius 1 is 0.972 bits per heavy atom. The molecule has 1 aliphatic rings. The number of phenols is 1. The number of ketones is 1. The van der Waals surface area contributed by atoms with E-state index in [2.05, 4.69) is 31.9 Å². The molecule has 0 radical (unpaired) electrons. The third-order valence-electron chi connectivity index (χ3n) is 6.23. The molecule has 2 N–H and O–H groups in total. The Labute approximate surface area is 252 Å². The van der Waals surface area contributed by atoms with Gasteiger partial charge in [0.15, 0.2) is 5.78 Å². The van der Waals surface area contributed by atoms with E-state index in [1.807, 2.05) is 40.7 Å². The van der Waals surface area contributed by atoms with Crippen LogP contribution in [0.2, 0.25) is 0 Å². The number of rotatable bonds is 5. The van der Waals surface area contributed by atoms with Crippen LogP contribution < -0.4 is 0 Å². The van der Waals surface area contributed by atoms with Gasteiger partial charge in [0, 0.05) is 11.1 Å². The number of Topliss-reactive ketones (excluding diaryl/α,β-unsaturated/α-hetero) is 1. The molecule has 188 valence electrons. The molecule has 0 heterocycles. The summed E-state index contributed by atoms with van der Waals surface area (Å²) in [7, 11) is -4.57. The average Bonchev–Trinajstić information content (AvgIpc) is 2.78. The molecule has 0 bridgehead atoms. The molecule has 0 fully saturated rings. The molecule has 0 unspecified atom stereocenters. The monoisotopic (exact) mass is 646 g/mol. The summed E-state index contributed by atoms with van der Waals surface area (Å²) in [5, 5.41) is 10.8. The number of allylic oxidation sites excluding steroid dienone is 5. The van der Waals surface area contributed by atoms with Gasteiger partial charge in [-0.2, -0.15) is 8.42 Å². The van der Waals surface area contributed by atoms with E-state index in [0.29, 0.717) is 53.5 Å². The zero-order valence-corrected chi connectivity index (χ0v) is 24.4. The maximum absolute atomic E-state index is 13.0. The number of hydrogen-bond donors (Lipinski definition) is 2. The molecule has 3 rings (SSSR count). The fraction of sp³-hybridized carbons (Fsp3) is 0.296. The standard InChI is InChI=1S/C27H28Br2O5S.Na.H/c1-13(2)18-11-20(15(5)24(28)26(18)30)23(17-9-7-8-10-22(17)35(32,33)34)21-12-19(14(3)4)27(31)25(29)16(21)6;;/h7-14,30H,1-6H3,(H,32,33,34);;/b23-21-;;. The predicted molar refractivity (Wildman–Crippen MR) is 154 cm³/mol.